The molecule has 15 heavy (non-hydrogen) atoms. The van der Waals surface area contributed by atoms with Crippen molar-refractivity contribution in [2.24, 2.45) is 0 Å². The summed E-state index contributed by atoms with van der Waals surface area (Å²) in [7, 11) is -1.72. The second kappa shape index (κ2) is 8.29. The summed E-state index contributed by atoms with van der Waals surface area (Å²) in [4.78, 5) is 0. The summed E-state index contributed by atoms with van der Waals surface area (Å²) < 4.78 is 26.7. The van der Waals surface area contributed by atoms with E-state index in [2.05, 4.69) is 10.0 Å². The zero-order chi connectivity index (χ0) is 11.2. The highest BCUT2D eigenvalue weighted by atomic mass is 35.5. The third kappa shape index (κ3) is 7.08. The van der Waals surface area contributed by atoms with Crippen LogP contribution in [0.3, 0.4) is 0 Å². The molecule has 0 aliphatic carbocycles. The van der Waals surface area contributed by atoms with Crippen molar-refractivity contribution in [1.29, 1.82) is 0 Å². The summed E-state index contributed by atoms with van der Waals surface area (Å²) in [5, 5.41) is 3.13. The molecule has 0 amide bonds. The van der Waals surface area contributed by atoms with E-state index in [-0.39, 0.29) is 18.4 Å². The van der Waals surface area contributed by atoms with Crippen LogP contribution in [0.2, 0.25) is 0 Å². The van der Waals surface area contributed by atoms with Crippen molar-refractivity contribution in [3.05, 3.63) is 0 Å². The Morgan fingerprint density at radius 1 is 1.33 bits per heavy atom. The van der Waals surface area contributed by atoms with Gasteiger partial charge in [0.2, 0.25) is 0 Å². The predicted octanol–water partition coefficient (Wildman–Crippen LogP) is 0.192. The zero-order valence-corrected chi connectivity index (χ0v) is 11.4. The lowest BCUT2D eigenvalue weighted by Crippen LogP contribution is -2.44. The fraction of sp³-hybridized carbons (Fsp3) is 1.00. The smallest absolute Gasteiger partial charge is 0.279 e. The molecular weight excluding hydrogens is 238 g/mol. The highest BCUT2D eigenvalue weighted by molar-refractivity contribution is 7.87. The average molecular weight is 260 g/mol. The Kier molecular flexibility index (Phi) is 9.68. The van der Waals surface area contributed by atoms with Crippen LogP contribution in [0.15, 0.2) is 0 Å². The van der Waals surface area contributed by atoms with Crippen LogP contribution in [0.5, 0.6) is 0 Å². The minimum absolute atomic E-state index is 0. The molecule has 0 saturated carbocycles. The number of hydrogen-bond donors (Lipinski definition) is 2. The second-order valence-corrected chi connectivity index (χ2v) is 5.09. The van der Waals surface area contributed by atoms with E-state index in [4.69, 9.17) is 0 Å². The monoisotopic (exact) mass is 259 g/mol. The van der Waals surface area contributed by atoms with Crippen LogP contribution in [0.25, 0.3) is 0 Å². The van der Waals surface area contributed by atoms with Gasteiger partial charge in [-0.2, -0.15) is 12.7 Å². The van der Waals surface area contributed by atoms with Gasteiger partial charge in [-0.1, -0.05) is 13.8 Å². The van der Waals surface area contributed by atoms with Gasteiger partial charge in [-0.05, 0) is 13.5 Å². The summed E-state index contributed by atoms with van der Waals surface area (Å²) in [6.07, 6.45) is 0. The minimum atomic E-state index is -3.28. The lowest BCUT2D eigenvalue weighted by atomic mass is 10.3. The fourth-order valence-electron chi connectivity index (χ4n) is 0.931. The van der Waals surface area contributed by atoms with Crippen molar-refractivity contribution >= 4 is 22.6 Å². The van der Waals surface area contributed by atoms with Crippen molar-refractivity contribution < 1.29 is 8.42 Å². The zero-order valence-electron chi connectivity index (χ0n) is 9.78. The molecule has 0 aromatic rings. The number of hydrogen-bond acceptors (Lipinski definition) is 3. The first-order chi connectivity index (χ1) is 6.44. The average Bonchev–Trinajstić information content (AvgIpc) is 2.14. The van der Waals surface area contributed by atoms with Gasteiger partial charge >= 0.3 is 0 Å². The van der Waals surface area contributed by atoms with Gasteiger partial charge < -0.3 is 5.32 Å². The van der Waals surface area contributed by atoms with Crippen LogP contribution >= 0.6 is 12.4 Å². The fourth-order valence-corrected chi connectivity index (χ4v) is 1.95. The van der Waals surface area contributed by atoms with E-state index in [1.54, 1.807) is 14.0 Å². The van der Waals surface area contributed by atoms with Gasteiger partial charge in [0.25, 0.3) is 10.2 Å². The lowest BCUT2D eigenvalue weighted by molar-refractivity contribution is 0.463. The van der Waals surface area contributed by atoms with Crippen molar-refractivity contribution in [2.75, 3.05) is 26.7 Å². The van der Waals surface area contributed by atoms with Crippen molar-refractivity contribution in [2.45, 2.75) is 26.8 Å². The van der Waals surface area contributed by atoms with E-state index in [1.807, 2.05) is 13.8 Å². The normalized spacial score (nSPS) is 13.7. The summed E-state index contributed by atoms with van der Waals surface area (Å²) in [5.41, 5.74) is 0. The summed E-state index contributed by atoms with van der Waals surface area (Å²) in [6, 6.07) is 0.153. The molecule has 0 aromatic heterocycles. The first-order valence-corrected chi connectivity index (χ1v) is 6.32. The highest BCUT2D eigenvalue weighted by Gasteiger charge is 2.15. The maximum absolute atomic E-state index is 11.5. The van der Waals surface area contributed by atoms with Gasteiger partial charge in [0.1, 0.15) is 0 Å². The first kappa shape index (κ1) is 17.5. The third-order valence-corrected chi connectivity index (χ3v) is 3.59. The predicted molar refractivity (Wildman–Crippen MR) is 65.6 cm³/mol. The molecule has 0 aromatic carbocycles. The van der Waals surface area contributed by atoms with Crippen molar-refractivity contribution in [1.82, 2.24) is 14.3 Å². The number of rotatable bonds is 7. The standard InChI is InChI=1S/C8H21N3O2S.ClH/c1-5-9-8(3)7-10-14(12,13)11(4)6-2;/h8-10H,5-7H2,1-4H3;1H/t8-;/m1./s1. The highest BCUT2D eigenvalue weighted by Crippen LogP contribution is 1.92. The molecular formula is C8H22ClN3O2S. The van der Waals surface area contributed by atoms with E-state index >= 15 is 0 Å². The molecule has 5 nitrogen and oxygen atoms in total. The first-order valence-electron chi connectivity index (χ1n) is 4.88. The van der Waals surface area contributed by atoms with Gasteiger partial charge in [-0.15, -0.1) is 12.4 Å². The lowest BCUT2D eigenvalue weighted by Gasteiger charge is -2.18. The van der Waals surface area contributed by atoms with E-state index in [0.29, 0.717) is 13.1 Å². The van der Waals surface area contributed by atoms with Crippen LogP contribution in [0.4, 0.5) is 0 Å². The summed E-state index contributed by atoms with van der Waals surface area (Å²) in [6.45, 7) is 7.46. The number of halogens is 1. The summed E-state index contributed by atoms with van der Waals surface area (Å²) >= 11 is 0. The third-order valence-electron chi connectivity index (χ3n) is 1.98. The molecule has 7 heteroatoms. The topological polar surface area (TPSA) is 61.4 Å². The van der Waals surface area contributed by atoms with Gasteiger partial charge in [-0.3, -0.25) is 0 Å². The molecule has 0 heterocycles. The van der Waals surface area contributed by atoms with Crippen LogP contribution in [0, 0.1) is 0 Å². The molecule has 0 spiro atoms. The largest absolute Gasteiger partial charge is 0.313 e. The Hall–Kier alpha value is 0.120. The van der Waals surface area contributed by atoms with E-state index in [1.165, 1.54) is 4.31 Å². The van der Waals surface area contributed by atoms with E-state index < -0.39 is 10.2 Å². The maximum Gasteiger partial charge on any atom is 0.279 e. The molecule has 2 N–H and O–H groups in total. The minimum Gasteiger partial charge on any atom is -0.313 e. The molecule has 0 radical (unpaired) electrons. The number of nitrogens with zero attached hydrogens (tertiary/aromatic N) is 1. The Balaban J connectivity index is 0. The van der Waals surface area contributed by atoms with Gasteiger partial charge in [0.05, 0.1) is 0 Å². The molecule has 0 aliphatic heterocycles. The molecule has 0 saturated heterocycles. The molecule has 0 bridgehead atoms. The molecule has 0 aliphatic rings. The van der Waals surface area contributed by atoms with Crippen LogP contribution < -0.4 is 10.0 Å². The van der Waals surface area contributed by atoms with E-state index in [9.17, 15) is 8.42 Å². The quantitative estimate of drug-likeness (QED) is 0.686. The van der Waals surface area contributed by atoms with E-state index in [0.717, 1.165) is 6.54 Å². The Morgan fingerprint density at radius 2 is 1.87 bits per heavy atom. The second-order valence-electron chi connectivity index (χ2n) is 3.23. The molecule has 0 fully saturated rings. The SMILES string of the molecule is CCN[C@H](C)CNS(=O)(=O)N(C)CC.Cl. The molecule has 0 rings (SSSR count). The van der Waals surface area contributed by atoms with Gasteiger partial charge in [0.15, 0.2) is 0 Å². The van der Waals surface area contributed by atoms with Gasteiger partial charge in [0, 0.05) is 26.2 Å². The Bertz CT molecular complexity index is 246. The van der Waals surface area contributed by atoms with Gasteiger partial charge in [-0.25, -0.2) is 4.72 Å². The Morgan fingerprint density at radius 3 is 2.27 bits per heavy atom. The molecule has 1 atom stereocenters. The number of likely N-dealkylation sites (N-methyl/N-ethyl adjacent to an activating group) is 1. The summed E-state index contributed by atoms with van der Waals surface area (Å²) in [5.74, 6) is 0. The van der Waals surface area contributed by atoms with Crippen LogP contribution in [-0.4, -0.2) is 45.4 Å². The maximum atomic E-state index is 11.5. The van der Waals surface area contributed by atoms with Crippen LogP contribution in [-0.2, 0) is 10.2 Å². The van der Waals surface area contributed by atoms with Crippen molar-refractivity contribution in [3.63, 3.8) is 0 Å². The molecule has 94 valence electrons. The van der Waals surface area contributed by atoms with Crippen LogP contribution in [0.1, 0.15) is 20.8 Å². The van der Waals surface area contributed by atoms with Crippen molar-refractivity contribution in [3.8, 4) is 0 Å². The Labute approximate surface area is 99.2 Å². The molecule has 0 unspecified atom stereocenters. The number of nitrogens with one attached hydrogen (secondary N) is 2.